The van der Waals surface area contributed by atoms with Crippen LogP contribution in [-0.2, 0) is 11.3 Å². The van der Waals surface area contributed by atoms with Crippen LogP contribution in [0.25, 0.3) is 0 Å². The lowest BCUT2D eigenvalue weighted by atomic mass is 10.1. The van der Waals surface area contributed by atoms with Gasteiger partial charge in [-0.3, -0.25) is 4.79 Å². The van der Waals surface area contributed by atoms with E-state index in [2.05, 4.69) is 5.32 Å². The Labute approximate surface area is 118 Å². The van der Waals surface area contributed by atoms with E-state index in [9.17, 15) is 9.59 Å². The van der Waals surface area contributed by atoms with Crippen molar-refractivity contribution in [2.75, 3.05) is 6.54 Å². The van der Waals surface area contributed by atoms with Crippen molar-refractivity contribution < 1.29 is 14.7 Å². The summed E-state index contributed by atoms with van der Waals surface area (Å²) < 4.78 is 0. The smallest absolute Gasteiger partial charge is 0.317 e. The van der Waals surface area contributed by atoms with Gasteiger partial charge in [-0.05, 0) is 25.3 Å². The summed E-state index contributed by atoms with van der Waals surface area (Å²) in [5.74, 6) is -0.853. The number of carbonyl (C=O) groups is 2. The van der Waals surface area contributed by atoms with Crippen LogP contribution in [0.1, 0.15) is 30.4 Å². The molecule has 1 atom stereocenters. The maximum Gasteiger partial charge on any atom is 0.317 e. The van der Waals surface area contributed by atoms with Crippen molar-refractivity contribution in [1.82, 2.24) is 10.2 Å². The molecule has 1 aromatic rings. The van der Waals surface area contributed by atoms with E-state index in [0.29, 0.717) is 13.1 Å². The molecule has 1 heterocycles. The van der Waals surface area contributed by atoms with Gasteiger partial charge < -0.3 is 15.3 Å². The number of aliphatic carboxylic acids is 1. The fourth-order valence-corrected chi connectivity index (χ4v) is 2.62. The highest BCUT2D eigenvalue weighted by Crippen LogP contribution is 2.20. The second-order valence-corrected chi connectivity index (χ2v) is 5.24. The molecule has 108 valence electrons. The summed E-state index contributed by atoms with van der Waals surface area (Å²) in [6.07, 6.45) is 1.66. The molecule has 0 radical (unpaired) electrons. The minimum absolute atomic E-state index is 0.0257. The Bertz CT molecular complexity index is 502. The average molecular weight is 276 g/mol. The first kappa shape index (κ1) is 14.4. The molecule has 1 aliphatic heterocycles. The molecule has 0 aliphatic carbocycles. The Morgan fingerprint density at radius 1 is 1.45 bits per heavy atom. The normalized spacial score (nSPS) is 18.1. The third-order valence-electron chi connectivity index (χ3n) is 3.57. The number of urea groups is 1. The van der Waals surface area contributed by atoms with Crippen LogP contribution in [0.4, 0.5) is 4.79 Å². The van der Waals surface area contributed by atoms with Crippen molar-refractivity contribution in [3.63, 3.8) is 0 Å². The number of benzene rings is 1. The van der Waals surface area contributed by atoms with E-state index in [-0.39, 0.29) is 18.5 Å². The quantitative estimate of drug-likeness (QED) is 0.885. The van der Waals surface area contributed by atoms with E-state index in [1.165, 1.54) is 0 Å². The largest absolute Gasteiger partial charge is 0.481 e. The Balaban J connectivity index is 1.89. The fraction of sp³-hybridized carbons (Fsp3) is 0.467. The fourth-order valence-electron chi connectivity index (χ4n) is 2.62. The monoisotopic (exact) mass is 276 g/mol. The summed E-state index contributed by atoms with van der Waals surface area (Å²) in [6.45, 7) is 3.11. The zero-order chi connectivity index (χ0) is 14.5. The Kier molecular flexibility index (Phi) is 4.61. The summed E-state index contributed by atoms with van der Waals surface area (Å²) in [5.41, 5.74) is 2.20. The molecule has 5 nitrogen and oxygen atoms in total. The second kappa shape index (κ2) is 6.41. The van der Waals surface area contributed by atoms with Gasteiger partial charge in [0.25, 0.3) is 0 Å². The zero-order valence-corrected chi connectivity index (χ0v) is 11.6. The van der Waals surface area contributed by atoms with Gasteiger partial charge in [0.05, 0.1) is 6.42 Å². The van der Waals surface area contributed by atoms with Crippen LogP contribution < -0.4 is 5.32 Å². The first-order valence-electron chi connectivity index (χ1n) is 6.88. The lowest BCUT2D eigenvalue weighted by Gasteiger charge is -2.23. The molecule has 2 N–H and O–H groups in total. The van der Waals surface area contributed by atoms with Gasteiger partial charge in [-0.25, -0.2) is 4.79 Å². The lowest BCUT2D eigenvalue weighted by molar-refractivity contribution is -0.137. The molecule has 20 heavy (non-hydrogen) atoms. The maximum absolute atomic E-state index is 12.1. The van der Waals surface area contributed by atoms with E-state index < -0.39 is 5.97 Å². The molecule has 5 heteroatoms. The summed E-state index contributed by atoms with van der Waals surface area (Å²) >= 11 is 0. The molecule has 1 aliphatic rings. The van der Waals surface area contributed by atoms with Gasteiger partial charge in [-0.1, -0.05) is 29.8 Å². The molecule has 0 aromatic heterocycles. The Morgan fingerprint density at radius 3 is 2.95 bits per heavy atom. The van der Waals surface area contributed by atoms with Gasteiger partial charge in [0.15, 0.2) is 0 Å². The van der Waals surface area contributed by atoms with Gasteiger partial charge in [-0.15, -0.1) is 0 Å². The molecular weight excluding hydrogens is 256 g/mol. The predicted molar refractivity (Wildman–Crippen MR) is 75.4 cm³/mol. The van der Waals surface area contributed by atoms with E-state index in [1.54, 1.807) is 4.90 Å². The van der Waals surface area contributed by atoms with Gasteiger partial charge >= 0.3 is 12.0 Å². The van der Waals surface area contributed by atoms with Crippen LogP contribution in [0.2, 0.25) is 0 Å². The van der Waals surface area contributed by atoms with Crippen molar-refractivity contribution in [2.24, 2.45) is 0 Å². The van der Waals surface area contributed by atoms with Crippen molar-refractivity contribution in [1.29, 1.82) is 0 Å². The number of hydrogen-bond donors (Lipinski definition) is 2. The SMILES string of the molecule is Cc1cccc(CNC(=O)N2CCCC2CC(=O)O)c1. The van der Waals surface area contributed by atoms with E-state index in [0.717, 1.165) is 24.0 Å². The van der Waals surface area contributed by atoms with Crippen molar-refractivity contribution in [2.45, 2.75) is 38.8 Å². The number of likely N-dealkylation sites (tertiary alicyclic amines) is 1. The number of aryl methyl sites for hydroxylation is 1. The van der Waals surface area contributed by atoms with Crippen LogP contribution in [0.15, 0.2) is 24.3 Å². The average Bonchev–Trinajstić information content (AvgIpc) is 2.83. The van der Waals surface area contributed by atoms with E-state index in [4.69, 9.17) is 5.11 Å². The highest BCUT2D eigenvalue weighted by atomic mass is 16.4. The number of nitrogens with one attached hydrogen (secondary N) is 1. The van der Waals surface area contributed by atoms with Gasteiger partial charge in [0.1, 0.15) is 0 Å². The van der Waals surface area contributed by atoms with Gasteiger partial charge in [0, 0.05) is 19.1 Å². The first-order chi connectivity index (χ1) is 9.56. The summed E-state index contributed by atoms with van der Waals surface area (Å²) in [6, 6.07) is 7.61. The summed E-state index contributed by atoms with van der Waals surface area (Å²) in [5, 5.41) is 11.7. The second-order valence-electron chi connectivity index (χ2n) is 5.24. The number of carboxylic acid groups (broad SMARTS) is 1. The van der Waals surface area contributed by atoms with E-state index >= 15 is 0 Å². The minimum atomic E-state index is -0.853. The number of carboxylic acids is 1. The standard InChI is InChI=1S/C15H20N2O3/c1-11-4-2-5-12(8-11)10-16-15(20)17-7-3-6-13(17)9-14(18)19/h2,4-5,8,13H,3,6-7,9-10H2,1H3,(H,16,20)(H,18,19). The van der Waals surface area contributed by atoms with Gasteiger partial charge in [0.2, 0.25) is 0 Å². The first-order valence-corrected chi connectivity index (χ1v) is 6.88. The van der Waals surface area contributed by atoms with Crippen LogP contribution in [0, 0.1) is 6.92 Å². The van der Waals surface area contributed by atoms with Crippen molar-refractivity contribution >= 4 is 12.0 Å². The predicted octanol–water partition coefficient (Wildman–Crippen LogP) is 2.14. The highest BCUT2D eigenvalue weighted by molar-refractivity contribution is 5.76. The molecule has 0 saturated carbocycles. The summed E-state index contributed by atoms with van der Waals surface area (Å²) in [7, 11) is 0. The third-order valence-corrected chi connectivity index (χ3v) is 3.57. The number of rotatable bonds is 4. The maximum atomic E-state index is 12.1. The minimum Gasteiger partial charge on any atom is -0.481 e. The number of carbonyl (C=O) groups excluding carboxylic acids is 1. The topological polar surface area (TPSA) is 69.6 Å². The molecule has 2 rings (SSSR count). The molecule has 1 fully saturated rings. The van der Waals surface area contributed by atoms with Crippen LogP contribution >= 0.6 is 0 Å². The van der Waals surface area contributed by atoms with E-state index in [1.807, 2.05) is 31.2 Å². The third kappa shape index (κ3) is 3.73. The highest BCUT2D eigenvalue weighted by Gasteiger charge is 2.30. The molecule has 1 saturated heterocycles. The molecule has 0 spiro atoms. The van der Waals surface area contributed by atoms with Crippen LogP contribution in [0.3, 0.4) is 0 Å². The molecule has 1 aromatic carbocycles. The van der Waals surface area contributed by atoms with Crippen molar-refractivity contribution in [3.05, 3.63) is 35.4 Å². The molecular formula is C15H20N2O3. The zero-order valence-electron chi connectivity index (χ0n) is 11.6. The Morgan fingerprint density at radius 2 is 2.25 bits per heavy atom. The number of amides is 2. The summed E-state index contributed by atoms with van der Waals surface area (Å²) in [4.78, 5) is 24.5. The molecule has 2 amide bonds. The Hall–Kier alpha value is -2.04. The number of hydrogen-bond acceptors (Lipinski definition) is 2. The van der Waals surface area contributed by atoms with Crippen molar-refractivity contribution in [3.8, 4) is 0 Å². The lowest BCUT2D eigenvalue weighted by Crippen LogP contribution is -2.43. The molecule has 0 bridgehead atoms. The van der Waals surface area contributed by atoms with Crippen LogP contribution in [0.5, 0.6) is 0 Å². The van der Waals surface area contributed by atoms with Gasteiger partial charge in [-0.2, -0.15) is 0 Å². The molecule has 1 unspecified atom stereocenters. The number of nitrogens with zero attached hydrogens (tertiary/aromatic N) is 1. The van der Waals surface area contributed by atoms with Crippen LogP contribution in [-0.4, -0.2) is 34.6 Å².